The average molecular weight is 370 g/mol. The van der Waals surface area contributed by atoms with Crippen LogP contribution in [-0.4, -0.2) is 16.0 Å². The van der Waals surface area contributed by atoms with E-state index in [9.17, 15) is 4.79 Å². The predicted octanol–water partition coefficient (Wildman–Crippen LogP) is 5.49. The summed E-state index contributed by atoms with van der Waals surface area (Å²) in [7, 11) is 0. The Labute approximate surface area is 163 Å². The van der Waals surface area contributed by atoms with Gasteiger partial charge >= 0.3 is 0 Å². The lowest BCUT2D eigenvalue weighted by Crippen LogP contribution is -2.28. The van der Waals surface area contributed by atoms with Crippen LogP contribution in [0.2, 0.25) is 0 Å². The van der Waals surface area contributed by atoms with Gasteiger partial charge in [-0.1, -0.05) is 78.9 Å². The fraction of sp³-hybridized carbons (Fsp3) is 0.0435. The number of thioether (sulfide) groups is 1. The summed E-state index contributed by atoms with van der Waals surface area (Å²) in [5.74, 6) is -0.0117. The molecule has 3 aromatic carbocycles. The lowest BCUT2D eigenvalue weighted by molar-refractivity contribution is -0.122. The van der Waals surface area contributed by atoms with Crippen LogP contribution in [0.25, 0.3) is 6.08 Å². The SMILES string of the molecule is O=C1C(=Cc2ccccc2)SC(=Nc2ccccc2)N1Cc1ccccc1. The molecule has 1 aliphatic heterocycles. The van der Waals surface area contributed by atoms with Crippen molar-refractivity contribution in [3.05, 3.63) is 107 Å². The summed E-state index contributed by atoms with van der Waals surface area (Å²) in [4.78, 5) is 20.2. The molecular formula is C23H18N2OS. The van der Waals surface area contributed by atoms with E-state index in [1.54, 1.807) is 4.90 Å². The summed E-state index contributed by atoms with van der Waals surface area (Å²) < 4.78 is 0. The number of benzene rings is 3. The summed E-state index contributed by atoms with van der Waals surface area (Å²) in [6.07, 6.45) is 1.93. The van der Waals surface area contributed by atoms with Crippen LogP contribution in [0, 0.1) is 0 Å². The molecule has 3 aromatic rings. The van der Waals surface area contributed by atoms with Gasteiger partial charge in [0.2, 0.25) is 0 Å². The first-order valence-electron chi connectivity index (χ1n) is 8.74. The van der Waals surface area contributed by atoms with Crippen LogP contribution in [0.5, 0.6) is 0 Å². The lowest BCUT2D eigenvalue weighted by atomic mass is 10.2. The molecule has 4 rings (SSSR count). The Morgan fingerprint density at radius 1 is 0.815 bits per heavy atom. The van der Waals surface area contributed by atoms with Gasteiger partial charge in [0.05, 0.1) is 17.1 Å². The number of amidine groups is 1. The van der Waals surface area contributed by atoms with Crippen molar-refractivity contribution in [3.63, 3.8) is 0 Å². The van der Waals surface area contributed by atoms with Crippen LogP contribution in [0.3, 0.4) is 0 Å². The normalized spacial score (nSPS) is 17.0. The van der Waals surface area contributed by atoms with Gasteiger partial charge in [0.25, 0.3) is 5.91 Å². The molecule has 0 spiro atoms. The van der Waals surface area contributed by atoms with E-state index in [1.807, 2.05) is 97.1 Å². The Kier molecular flexibility index (Phi) is 5.17. The molecule has 0 aliphatic carbocycles. The van der Waals surface area contributed by atoms with Gasteiger partial charge in [0.15, 0.2) is 5.17 Å². The van der Waals surface area contributed by atoms with E-state index in [0.29, 0.717) is 16.6 Å². The largest absolute Gasteiger partial charge is 0.282 e. The van der Waals surface area contributed by atoms with Gasteiger partial charge in [-0.3, -0.25) is 9.69 Å². The monoisotopic (exact) mass is 370 g/mol. The van der Waals surface area contributed by atoms with Crippen molar-refractivity contribution in [1.82, 2.24) is 4.90 Å². The van der Waals surface area contributed by atoms with E-state index in [4.69, 9.17) is 4.99 Å². The lowest BCUT2D eigenvalue weighted by Gasteiger charge is -2.15. The maximum absolute atomic E-state index is 13.1. The van der Waals surface area contributed by atoms with Crippen LogP contribution in [-0.2, 0) is 11.3 Å². The number of hydrogen-bond donors (Lipinski definition) is 0. The zero-order chi connectivity index (χ0) is 18.5. The van der Waals surface area contributed by atoms with Crippen molar-refractivity contribution in [2.45, 2.75) is 6.54 Å². The quantitative estimate of drug-likeness (QED) is 0.569. The zero-order valence-electron chi connectivity index (χ0n) is 14.7. The van der Waals surface area contributed by atoms with E-state index in [1.165, 1.54) is 11.8 Å². The van der Waals surface area contributed by atoms with E-state index < -0.39 is 0 Å². The van der Waals surface area contributed by atoms with Crippen molar-refractivity contribution < 1.29 is 4.79 Å². The van der Waals surface area contributed by atoms with Gasteiger partial charge in [-0.15, -0.1) is 0 Å². The Balaban J connectivity index is 1.69. The molecule has 0 atom stereocenters. The Morgan fingerprint density at radius 2 is 1.41 bits per heavy atom. The molecule has 1 heterocycles. The minimum Gasteiger partial charge on any atom is -0.282 e. The summed E-state index contributed by atoms with van der Waals surface area (Å²) in [6.45, 7) is 0.504. The van der Waals surface area contributed by atoms with Crippen LogP contribution >= 0.6 is 11.8 Å². The first-order chi connectivity index (χ1) is 13.3. The number of aliphatic imine (C=N–C) groups is 1. The molecule has 0 radical (unpaired) electrons. The first kappa shape index (κ1) is 17.3. The van der Waals surface area contributed by atoms with E-state index in [-0.39, 0.29) is 5.91 Å². The van der Waals surface area contributed by atoms with Crippen molar-refractivity contribution in [2.75, 3.05) is 0 Å². The number of hydrogen-bond acceptors (Lipinski definition) is 3. The second-order valence-electron chi connectivity index (χ2n) is 6.13. The highest BCUT2D eigenvalue weighted by Gasteiger charge is 2.33. The topological polar surface area (TPSA) is 32.7 Å². The third-order valence-corrected chi connectivity index (χ3v) is 5.16. The van der Waals surface area contributed by atoms with Crippen LogP contribution in [0.15, 0.2) is 101 Å². The average Bonchev–Trinajstić information content (AvgIpc) is 2.99. The second kappa shape index (κ2) is 8.06. The number of carbonyl (C=O) groups is 1. The summed E-state index contributed by atoms with van der Waals surface area (Å²) >= 11 is 1.42. The van der Waals surface area contributed by atoms with Gasteiger partial charge in [-0.2, -0.15) is 0 Å². The third-order valence-electron chi connectivity index (χ3n) is 4.15. The van der Waals surface area contributed by atoms with Gasteiger partial charge in [0, 0.05) is 0 Å². The highest BCUT2D eigenvalue weighted by atomic mass is 32.2. The van der Waals surface area contributed by atoms with Crippen molar-refractivity contribution in [3.8, 4) is 0 Å². The number of rotatable bonds is 4. The summed E-state index contributed by atoms with van der Waals surface area (Å²) in [6, 6.07) is 29.6. The summed E-state index contributed by atoms with van der Waals surface area (Å²) in [5.41, 5.74) is 2.92. The maximum atomic E-state index is 13.1. The van der Waals surface area contributed by atoms with E-state index >= 15 is 0 Å². The van der Waals surface area contributed by atoms with Crippen LogP contribution in [0.1, 0.15) is 11.1 Å². The van der Waals surface area contributed by atoms with Gasteiger partial charge in [0.1, 0.15) is 0 Å². The smallest absolute Gasteiger partial charge is 0.267 e. The fourth-order valence-corrected chi connectivity index (χ4v) is 3.81. The highest BCUT2D eigenvalue weighted by molar-refractivity contribution is 8.18. The molecule has 132 valence electrons. The minimum atomic E-state index is -0.0117. The van der Waals surface area contributed by atoms with Crippen LogP contribution in [0.4, 0.5) is 5.69 Å². The molecule has 4 heteroatoms. The molecule has 1 aliphatic rings. The standard InChI is InChI=1S/C23H18N2OS/c26-22-21(16-18-10-4-1-5-11-18)27-23(24-20-14-8-3-9-15-20)25(22)17-19-12-6-2-7-13-19/h1-16H,17H2. The fourth-order valence-electron chi connectivity index (χ4n) is 2.81. The molecule has 27 heavy (non-hydrogen) atoms. The zero-order valence-corrected chi connectivity index (χ0v) is 15.5. The molecule has 3 nitrogen and oxygen atoms in total. The number of carbonyl (C=O) groups excluding carboxylic acids is 1. The number of nitrogens with zero attached hydrogens (tertiary/aromatic N) is 2. The molecular weight excluding hydrogens is 352 g/mol. The molecule has 0 N–H and O–H groups in total. The summed E-state index contributed by atoms with van der Waals surface area (Å²) in [5, 5.41) is 0.706. The van der Waals surface area contributed by atoms with Crippen LogP contribution < -0.4 is 0 Å². The van der Waals surface area contributed by atoms with E-state index in [2.05, 4.69) is 0 Å². The van der Waals surface area contributed by atoms with Crippen molar-refractivity contribution >= 4 is 34.6 Å². The molecule has 0 saturated carbocycles. The minimum absolute atomic E-state index is 0.0117. The number of para-hydroxylation sites is 1. The van der Waals surface area contributed by atoms with Gasteiger partial charge < -0.3 is 0 Å². The highest BCUT2D eigenvalue weighted by Crippen LogP contribution is 2.35. The van der Waals surface area contributed by atoms with Crippen molar-refractivity contribution in [1.29, 1.82) is 0 Å². The third kappa shape index (κ3) is 4.18. The molecule has 0 unspecified atom stereocenters. The van der Waals surface area contributed by atoms with Crippen molar-refractivity contribution in [2.24, 2.45) is 4.99 Å². The molecule has 0 bridgehead atoms. The van der Waals surface area contributed by atoms with Gasteiger partial charge in [-0.05, 0) is 41.1 Å². The first-order valence-corrected chi connectivity index (χ1v) is 9.55. The molecule has 0 aromatic heterocycles. The Morgan fingerprint density at radius 3 is 2.07 bits per heavy atom. The molecule has 1 amide bonds. The van der Waals surface area contributed by atoms with E-state index in [0.717, 1.165) is 16.8 Å². The Bertz CT molecular complexity index is 983. The number of amides is 1. The predicted molar refractivity (Wildman–Crippen MR) is 113 cm³/mol. The Hall–Kier alpha value is -3.11. The molecule has 1 fully saturated rings. The molecule has 1 saturated heterocycles. The van der Waals surface area contributed by atoms with Gasteiger partial charge in [-0.25, -0.2) is 4.99 Å². The maximum Gasteiger partial charge on any atom is 0.267 e. The second-order valence-corrected chi connectivity index (χ2v) is 7.14.